The first kappa shape index (κ1) is 20.8. The van der Waals surface area contributed by atoms with Crippen molar-refractivity contribution in [2.24, 2.45) is 5.92 Å². The van der Waals surface area contributed by atoms with Crippen molar-refractivity contribution in [1.29, 1.82) is 0 Å². The van der Waals surface area contributed by atoms with Crippen LogP contribution in [0.25, 0.3) is 0 Å². The van der Waals surface area contributed by atoms with E-state index in [-0.39, 0.29) is 31.0 Å². The molecule has 0 bridgehead atoms. The van der Waals surface area contributed by atoms with E-state index in [2.05, 4.69) is 5.32 Å². The number of nitrogens with one attached hydrogen (secondary N) is 1. The predicted molar refractivity (Wildman–Crippen MR) is 101 cm³/mol. The summed E-state index contributed by atoms with van der Waals surface area (Å²) in [5.74, 6) is -0.429. The van der Waals surface area contributed by atoms with Crippen molar-refractivity contribution in [3.05, 3.63) is 65.2 Å². The Morgan fingerprint density at radius 2 is 1.81 bits per heavy atom. The molecule has 1 atom stereocenters. The highest BCUT2D eigenvalue weighted by Crippen LogP contribution is 2.24. The normalized spacial score (nSPS) is 12.3. The van der Waals surface area contributed by atoms with Crippen molar-refractivity contribution in [2.45, 2.75) is 26.4 Å². The highest BCUT2D eigenvalue weighted by molar-refractivity contribution is 5.78. The van der Waals surface area contributed by atoms with Gasteiger partial charge in [-0.1, -0.05) is 32.0 Å². The summed E-state index contributed by atoms with van der Waals surface area (Å²) in [5.41, 5.74) is 1.34. The van der Waals surface area contributed by atoms with Gasteiger partial charge in [-0.15, -0.1) is 0 Å². The third-order valence-corrected chi connectivity index (χ3v) is 4.33. The second kappa shape index (κ2) is 9.46. The SMILES string of the molecule is COc1ccc(C(NC(=O)CN(C)Cc2ccc(F)cc2F)C(C)C)cc1. The monoisotopic (exact) mass is 376 g/mol. The van der Waals surface area contributed by atoms with Crippen molar-refractivity contribution < 1.29 is 18.3 Å². The Bertz CT molecular complexity index is 763. The van der Waals surface area contributed by atoms with Crippen molar-refractivity contribution >= 4 is 5.91 Å². The first-order valence-corrected chi connectivity index (χ1v) is 8.86. The number of carbonyl (C=O) groups excluding carboxylic acids is 1. The number of benzene rings is 2. The molecule has 4 nitrogen and oxygen atoms in total. The number of likely N-dealkylation sites (N-methyl/N-ethyl adjacent to an activating group) is 1. The molecule has 0 heterocycles. The van der Waals surface area contributed by atoms with Crippen LogP contribution in [0.2, 0.25) is 0 Å². The molecule has 0 aromatic heterocycles. The lowest BCUT2D eigenvalue weighted by Gasteiger charge is -2.25. The van der Waals surface area contributed by atoms with Gasteiger partial charge < -0.3 is 10.1 Å². The van der Waals surface area contributed by atoms with Crippen LogP contribution in [0.15, 0.2) is 42.5 Å². The maximum Gasteiger partial charge on any atom is 0.234 e. The minimum Gasteiger partial charge on any atom is -0.497 e. The summed E-state index contributed by atoms with van der Waals surface area (Å²) in [4.78, 5) is 14.2. The van der Waals surface area contributed by atoms with Gasteiger partial charge in [0.05, 0.1) is 19.7 Å². The van der Waals surface area contributed by atoms with E-state index >= 15 is 0 Å². The summed E-state index contributed by atoms with van der Waals surface area (Å²) in [6.45, 7) is 4.39. The van der Waals surface area contributed by atoms with Gasteiger partial charge in [-0.2, -0.15) is 0 Å². The van der Waals surface area contributed by atoms with E-state index in [1.54, 1.807) is 19.1 Å². The minimum atomic E-state index is -0.615. The van der Waals surface area contributed by atoms with E-state index in [9.17, 15) is 13.6 Å². The number of ether oxygens (including phenoxy) is 1. The fraction of sp³-hybridized carbons (Fsp3) is 0.381. The molecule has 0 fully saturated rings. The zero-order valence-electron chi connectivity index (χ0n) is 16.1. The molecule has 27 heavy (non-hydrogen) atoms. The van der Waals surface area contributed by atoms with E-state index in [0.29, 0.717) is 5.56 Å². The molecule has 1 amide bonds. The van der Waals surface area contributed by atoms with E-state index in [0.717, 1.165) is 17.4 Å². The van der Waals surface area contributed by atoms with Gasteiger partial charge in [0.25, 0.3) is 0 Å². The molecule has 0 aliphatic rings. The summed E-state index contributed by atoms with van der Waals surface area (Å²) in [6.07, 6.45) is 0. The number of amides is 1. The summed E-state index contributed by atoms with van der Waals surface area (Å²) in [5, 5.41) is 3.04. The number of rotatable bonds is 8. The van der Waals surface area contributed by atoms with Gasteiger partial charge in [0.15, 0.2) is 0 Å². The quantitative estimate of drug-likeness (QED) is 0.759. The first-order valence-electron chi connectivity index (χ1n) is 8.86. The molecule has 146 valence electrons. The molecule has 0 saturated heterocycles. The van der Waals surface area contributed by atoms with Crippen molar-refractivity contribution in [3.8, 4) is 5.75 Å². The van der Waals surface area contributed by atoms with Gasteiger partial charge in [-0.05, 0) is 36.7 Å². The average molecular weight is 376 g/mol. The molecule has 2 rings (SSSR count). The first-order chi connectivity index (χ1) is 12.8. The molecule has 0 spiro atoms. The number of hydrogen-bond donors (Lipinski definition) is 1. The zero-order valence-corrected chi connectivity index (χ0v) is 16.1. The summed E-state index contributed by atoms with van der Waals surface area (Å²) in [6, 6.07) is 10.9. The molecule has 0 radical (unpaired) electrons. The topological polar surface area (TPSA) is 41.6 Å². The summed E-state index contributed by atoms with van der Waals surface area (Å²) in [7, 11) is 3.33. The molecular weight excluding hydrogens is 350 g/mol. The Hall–Kier alpha value is -2.47. The van der Waals surface area contributed by atoms with E-state index in [1.807, 2.05) is 38.1 Å². The van der Waals surface area contributed by atoms with Crippen LogP contribution in [0, 0.1) is 17.6 Å². The van der Waals surface area contributed by atoms with Crippen LogP contribution in [-0.2, 0) is 11.3 Å². The van der Waals surface area contributed by atoms with Crippen LogP contribution in [0.3, 0.4) is 0 Å². The van der Waals surface area contributed by atoms with Crippen LogP contribution < -0.4 is 10.1 Å². The molecule has 2 aromatic carbocycles. The fourth-order valence-electron chi connectivity index (χ4n) is 2.91. The van der Waals surface area contributed by atoms with E-state index in [1.165, 1.54) is 12.1 Å². The maximum absolute atomic E-state index is 13.8. The highest BCUT2D eigenvalue weighted by atomic mass is 19.1. The number of hydrogen-bond acceptors (Lipinski definition) is 3. The third-order valence-electron chi connectivity index (χ3n) is 4.33. The Kier molecular flexibility index (Phi) is 7.30. The smallest absolute Gasteiger partial charge is 0.234 e. The number of nitrogens with zero attached hydrogens (tertiary/aromatic N) is 1. The van der Waals surface area contributed by atoms with Crippen LogP contribution in [0.4, 0.5) is 8.78 Å². The lowest BCUT2D eigenvalue weighted by atomic mass is 9.96. The molecule has 0 aliphatic carbocycles. The molecular formula is C21H26F2N2O2. The predicted octanol–water partition coefficient (Wildman–Crippen LogP) is 3.92. The van der Waals surface area contributed by atoms with Gasteiger partial charge in [-0.3, -0.25) is 9.69 Å². The van der Waals surface area contributed by atoms with E-state index < -0.39 is 11.6 Å². The molecule has 6 heteroatoms. The largest absolute Gasteiger partial charge is 0.497 e. The van der Waals surface area contributed by atoms with Crippen LogP contribution in [0.5, 0.6) is 5.75 Å². The lowest BCUT2D eigenvalue weighted by Crippen LogP contribution is -2.38. The average Bonchev–Trinajstić information content (AvgIpc) is 2.62. The van der Waals surface area contributed by atoms with Gasteiger partial charge in [0.1, 0.15) is 17.4 Å². The number of carbonyl (C=O) groups is 1. The Morgan fingerprint density at radius 3 is 2.37 bits per heavy atom. The van der Waals surface area contributed by atoms with Crippen LogP contribution in [-0.4, -0.2) is 31.5 Å². The number of halogens is 2. The lowest BCUT2D eigenvalue weighted by molar-refractivity contribution is -0.123. The Balaban J connectivity index is 1.98. The van der Waals surface area contributed by atoms with Crippen molar-refractivity contribution in [2.75, 3.05) is 20.7 Å². The van der Waals surface area contributed by atoms with E-state index in [4.69, 9.17) is 4.74 Å². The third kappa shape index (κ3) is 6.03. The fourth-order valence-corrected chi connectivity index (χ4v) is 2.91. The van der Waals surface area contributed by atoms with Gasteiger partial charge in [0.2, 0.25) is 5.91 Å². The Labute approximate surface area is 159 Å². The van der Waals surface area contributed by atoms with Gasteiger partial charge in [-0.25, -0.2) is 8.78 Å². The minimum absolute atomic E-state index is 0.107. The summed E-state index contributed by atoms with van der Waals surface area (Å²) >= 11 is 0. The second-order valence-corrected chi connectivity index (χ2v) is 6.97. The maximum atomic E-state index is 13.8. The standard InChI is InChI=1S/C21H26F2N2O2/c1-14(2)21(15-6-9-18(27-4)10-7-15)24-20(26)13-25(3)12-16-5-8-17(22)11-19(16)23/h5-11,14,21H,12-13H2,1-4H3,(H,24,26). The second-order valence-electron chi connectivity index (χ2n) is 6.97. The molecule has 1 unspecified atom stereocenters. The summed E-state index contributed by atoms with van der Waals surface area (Å²) < 4.78 is 31.9. The molecule has 2 aromatic rings. The molecule has 1 N–H and O–H groups in total. The van der Waals surface area contributed by atoms with Crippen molar-refractivity contribution in [1.82, 2.24) is 10.2 Å². The molecule has 0 aliphatic heterocycles. The van der Waals surface area contributed by atoms with Crippen LogP contribution >= 0.6 is 0 Å². The molecule has 0 saturated carbocycles. The van der Waals surface area contributed by atoms with Crippen molar-refractivity contribution in [3.63, 3.8) is 0 Å². The number of methoxy groups -OCH3 is 1. The van der Waals surface area contributed by atoms with Gasteiger partial charge >= 0.3 is 0 Å². The Morgan fingerprint density at radius 1 is 1.15 bits per heavy atom. The zero-order chi connectivity index (χ0) is 20.0. The van der Waals surface area contributed by atoms with Gasteiger partial charge in [0, 0.05) is 18.2 Å². The highest BCUT2D eigenvalue weighted by Gasteiger charge is 2.19. The van der Waals surface area contributed by atoms with Crippen LogP contribution in [0.1, 0.15) is 31.0 Å².